The predicted molar refractivity (Wildman–Crippen MR) is 86.2 cm³/mol. The largest absolute Gasteiger partial charge is 0.299 e. The minimum Gasteiger partial charge on any atom is -0.299 e. The van der Waals surface area contributed by atoms with Crippen LogP contribution in [0, 0.1) is 17.3 Å². The molecular formula is C20H24O. The molecule has 0 radical (unpaired) electrons. The van der Waals surface area contributed by atoms with Gasteiger partial charge >= 0.3 is 0 Å². The highest BCUT2D eigenvalue weighted by atomic mass is 16.1. The molecule has 1 unspecified atom stereocenters. The number of ketones is 1. The molecule has 1 aromatic carbocycles. The van der Waals surface area contributed by atoms with Gasteiger partial charge in [-0.1, -0.05) is 37.8 Å². The fraction of sp³-hybridized carbons (Fsp3) is 0.550. The van der Waals surface area contributed by atoms with Crippen LogP contribution in [0.3, 0.4) is 0 Å². The molecule has 0 bridgehead atoms. The van der Waals surface area contributed by atoms with Crippen LogP contribution in [0.2, 0.25) is 0 Å². The first-order chi connectivity index (χ1) is 10.1. The van der Waals surface area contributed by atoms with E-state index in [4.69, 9.17) is 0 Å². The lowest BCUT2D eigenvalue weighted by molar-refractivity contribution is -0.129. The minimum absolute atomic E-state index is 0.000271. The van der Waals surface area contributed by atoms with E-state index >= 15 is 0 Å². The highest BCUT2D eigenvalue weighted by molar-refractivity contribution is 5.87. The van der Waals surface area contributed by atoms with Crippen LogP contribution in [0.15, 0.2) is 24.8 Å². The maximum Gasteiger partial charge on any atom is 0.139 e. The van der Waals surface area contributed by atoms with Crippen molar-refractivity contribution in [1.29, 1.82) is 0 Å². The Bertz CT molecular complexity index is 614. The fourth-order valence-electron chi connectivity index (χ4n) is 5.50. The van der Waals surface area contributed by atoms with Gasteiger partial charge in [-0.3, -0.25) is 4.79 Å². The van der Waals surface area contributed by atoms with Crippen molar-refractivity contribution in [2.24, 2.45) is 17.3 Å². The van der Waals surface area contributed by atoms with Crippen molar-refractivity contribution in [1.82, 2.24) is 0 Å². The summed E-state index contributed by atoms with van der Waals surface area (Å²) in [5, 5.41) is 0. The number of fused-ring (bicyclic) bond motifs is 5. The first kappa shape index (κ1) is 13.3. The highest BCUT2D eigenvalue weighted by Gasteiger charge is 2.54. The van der Waals surface area contributed by atoms with Crippen LogP contribution in [0.4, 0.5) is 0 Å². The van der Waals surface area contributed by atoms with E-state index in [-0.39, 0.29) is 5.41 Å². The van der Waals surface area contributed by atoms with Crippen LogP contribution in [-0.2, 0) is 11.2 Å². The SMILES string of the molecule is C=Cc1ccc2c(c1)CC[C@H]1C3CCC(=O)[C@@]3(C)CC[C@H]21. The predicted octanol–water partition coefficient (Wildman–Crippen LogP) is 4.75. The lowest BCUT2D eigenvalue weighted by Gasteiger charge is -2.48. The molecule has 2 fully saturated rings. The van der Waals surface area contributed by atoms with Gasteiger partial charge in [0.1, 0.15) is 5.78 Å². The van der Waals surface area contributed by atoms with E-state index in [0.717, 1.165) is 25.2 Å². The number of rotatable bonds is 1. The summed E-state index contributed by atoms with van der Waals surface area (Å²) in [5.41, 5.74) is 4.34. The van der Waals surface area contributed by atoms with Gasteiger partial charge in [0.25, 0.3) is 0 Å². The Morgan fingerprint density at radius 3 is 2.90 bits per heavy atom. The summed E-state index contributed by atoms with van der Waals surface area (Å²) in [6.45, 7) is 6.13. The molecule has 4 atom stereocenters. The van der Waals surface area contributed by atoms with Crippen molar-refractivity contribution in [3.8, 4) is 0 Å². The van der Waals surface area contributed by atoms with E-state index in [1.165, 1.54) is 30.4 Å². The van der Waals surface area contributed by atoms with Gasteiger partial charge in [0, 0.05) is 11.8 Å². The number of Topliss-reactive ketones (excluding diaryl/α,β-unsaturated/α-hetero) is 1. The molecule has 0 aliphatic heterocycles. The molecule has 4 rings (SSSR count). The second-order valence-corrected chi connectivity index (χ2v) is 7.50. The molecule has 0 spiro atoms. The average molecular weight is 280 g/mol. The molecule has 0 amide bonds. The molecule has 2 saturated carbocycles. The molecule has 0 aromatic heterocycles. The van der Waals surface area contributed by atoms with Crippen LogP contribution in [0.25, 0.3) is 6.08 Å². The topological polar surface area (TPSA) is 17.1 Å². The summed E-state index contributed by atoms with van der Waals surface area (Å²) in [6.07, 6.45) is 8.65. The fourth-order valence-corrected chi connectivity index (χ4v) is 5.50. The zero-order chi connectivity index (χ0) is 14.6. The van der Waals surface area contributed by atoms with Crippen LogP contribution in [0.1, 0.15) is 61.6 Å². The molecule has 0 saturated heterocycles. The molecule has 110 valence electrons. The molecule has 3 aliphatic rings. The number of hydrogen-bond acceptors (Lipinski definition) is 1. The third kappa shape index (κ3) is 1.79. The molecule has 1 nitrogen and oxygen atoms in total. The van der Waals surface area contributed by atoms with Gasteiger partial charge in [-0.25, -0.2) is 0 Å². The summed E-state index contributed by atoms with van der Waals surface area (Å²) >= 11 is 0. The standard InChI is InChI=1S/C20H24O/c1-3-13-4-6-15-14(12-13)5-7-17-16(15)10-11-20(2)18(17)8-9-19(20)21/h3-4,6,12,16-18H,1,5,7-11H2,2H3/t16-,17-,18?,20+/m1/s1. The van der Waals surface area contributed by atoms with Crippen LogP contribution in [-0.4, -0.2) is 5.78 Å². The van der Waals surface area contributed by atoms with E-state index in [0.29, 0.717) is 17.6 Å². The summed E-state index contributed by atoms with van der Waals surface area (Å²) in [4.78, 5) is 12.3. The third-order valence-electron chi connectivity index (χ3n) is 6.70. The van der Waals surface area contributed by atoms with Gasteiger partial charge in [0.15, 0.2) is 0 Å². The zero-order valence-electron chi connectivity index (χ0n) is 12.9. The molecule has 1 aromatic rings. The van der Waals surface area contributed by atoms with Crippen LogP contribution < -0.4 is 0 Å². The van der Waals surface area contributed by atoms with Crippen molar-refractivity contribution < 1.29 is 4.79 Å². The van der Waals surface area contributed by atoms with Gasteiger partial charge in [0.05, 0.1) is 0 Å². The maximum absolute atomic E-state index is 12.3. The van der Waals surface area contributed by atoms with Crippen molar-refractivity contribution in [3.05, 3.63) is 41.5 Å². The third-order valence-corrected chi connectivity index (χ3v) is 6.70. The summed E-state index contributed by atoms with van der Waals surface area (Å²) < 4.78 is 0. The molecule has 1 heteroatoms. The zero-order valence-corrected chi connectivity index (χ0v) is 12.9. The number of benzene rings is 1. The lowest BCUT2D eigenvalue weighted by Crippen LogP contribution is -2.42. The van der Waals surface area contributed by atoms with E-state index < -0.39 is 0 Å². The number of carbonyl (C=O) groups is 1. The molecular weight excluding hydrogens is 256 g/mol. The second kappa shape index (κ2) is 4.56. The Kier molecular flexibility index (Phi) is 2.89. The highest BCUT2D eigenvalue weighted by Crippen LogP contribution is 2.59. The summed E-state index contributed by atoms with van der Waals surface area (Å²) in [6, 6.07) is 6.87. The Morgan fingerprint density at radius 2 is 2.10 bits per heavy atom. The Morgan fingerprint density at radius 1 is 1.24 bits per heavy atom. The van der Waals surface area contributed by atoms with Crippen molar-refractivity contribution in [2.75, 3.05) is 0 Å². The lowest BCUT2D eigenvalue weighted by atomic mass is 9.55. The van der Waals surface area contributed by atoms with Gasteiger partial charge < -0.3 is 0 Å². The minimum atomic E-state index is -0.000271. The molecule has 0 heterocycles. The van der Waals surface area contributed by atoms with Gasteiger partial charge in [0.2, 0.25) is 0 Å². The molecule has 0 N–H and O–H groups in total. The number of carbonyl (C=O) groups excluding carboxylic acids is 1. The summed E-state index contributed by atoms with van der Waals surface area (Å²) in [7, 11) is 0. The van der Waals surface area contributed by atoms with Gasteiger partial charge in [-0.15, -0.1) is 0 Å². The quantitative estimate of drug-likeness (QED) is 0.725. The summed E-state index contributed by atoms with van der Waals surface area (Å²) in [5.74, 6) is 2.60. The van der Waals surface area contributed by atoms with Gasteiger partial charge in [-0.05, 0) is 66.5 Å². The van der Waals surface area contributed by atoms with E-state index in [9.17, 15) is 4.79 Å². The maximum atomic E-state index is 12.3. The van der Waals surface area contributed by atoms with Crippen molar-refractivity contribution in [2.45, 2.75) is 51.4 Å². The second-order valence-electron chi connectivity index (χ2n) is 7.50. The normalized spacial score (nSPS) is 37.6. The van der Waals surface area contributed by atoms with E-state index in [1.807, 2.05) is 6.08 Å². The van der Waals surface area contributed by atoms with Gasteiger partial charge in [-0.2, -0.15) is 0 Å². The first-order valence-corrected chi connectivity index (χ1v) is 8.42. The van der Waals surface area contributed by atoms with E-state index in [1.54, 1.807) is 5.56 Å². The Labute approximate surface area is 127 Å². The smallest absolute Gasteiger partial charge is 0.139 e. The monoisotopic (exact) mass is 280 g/mol. The molecule has 21 heavy (non-hydrogen) atoms. The first-order valence-electron chi connectivity index (χ1n) is 8.42. The van der Waals surface area contributed by atoms with Crippen molar-refractivity contribution >= 4 is 11.9 Å². The number of aryl methyl sites for hydroxylation is 1. The van der Waals surface area contributed by atoms with Crippen LogP contribution >= 0.6 is 0 Å². The average Bonchev–Trinajstić information content (AvgIpc) is 2.82. The number of hydrogen-bond donors (Lipinski definition) is 0. The Balaban J connectivity index is 1.71. The molecule has 3 aliphatic carbocycles. The van der Waals surface area contributed by atoms with E-state index in [2.05, 4.69) is 31.7 Å². The van der Waals surface area contributed by atoms with Crippen LogP contribution in [0.5, 0.6) is 0 Å². The van der Waals surface area contributed by atoms with Crippen molar-refractivity contribution in [3.63, 3.8) is 0 Å². The Hall–Kier alpha value is -1.37.